The highest BCUT2D eigenvalue weighted by molar-refractivity contribution is 5.91. The summed E-state index contributed by atoms with van der Waals surface area (Å²) in [4.78, 5) is 14.0. The van der Waals surface area contributed by atoms with Crippen molar-refractivity contribution in [3.63, 3.8) is 0 Å². The minimum atomic E-state index is -0.0822. The zero-order valence-electron chi connectivity index (χ0n) is 14.6. The molecule has 0 fully saturated rings. The number of carbonyl (C=O) groups is 1. The van der Waals surface area contributed by atoms with Crippen LogP contribution in [0.1, 0.15) is 16.7 Å². The first kappa shape index (κ1) is 16.9. The van der Waals surface area contributed by atoms with Crippen molar-refractivity contribution < 1.29 is 19.0 Å². The second-order valence-electron chi connectivity index (χ2n) is 5.96. The quantitative estimate of drug-likeness (QED) is 0.784. The Balaban J connectivity index is 1.67. The van der Waals surface area contributed by atoms with Gasteiger partial charge >= 0.3 is 0 Å². The van der Waals surface area contributed by atoms with Crippen molar-refractivity contribution in [2.45, 2.75) is 13.5 Å². The normalized spacial score (nSPS) is 12.4. The molecule has 5 heteroatoms. The highest BCUT2D eigenvalue weighted by Gasteiger charge is 2.13. The third-order valence-corrected chi connectivity index (χ3v) is 4.03. The molecule has 0 N–H and O–H groups in total. The molecule has 2 aromatic rings. The van der Waals surface area contributed by atoms with Gasteiger partial charge < -0.3 is 19.1 Å². The van der Waals surface area contributed by atoms with E-state index in [1.165, 1.54) is 0 Å². The lowest BCUT2D eigenvalue weighted by molar-refractivity contribution is -0.125. The van der Waals surface area contributed by atoms with E-state index < -0.39 is 0 Å². The number of fused-ring (bicyclic) bond motifs is 1. The molecule has 0 atom stereocenters. The van der Waals surface area contributed by atoms with Crippen molar-refractivity contribution in [1.82, 2.24) is 4.90 Å². The van der Waals surface area contributed by atoms with Crippen molar-refractivity contribution in [1.29, 1.82) is 0 Å². The number of ether oxygens (including phenoxy) is 3. The smallest absolute Gasteiger partial charge is 0.246 e. The van der Waals surface area contributed by atoms with Crippen molar-refractivity contribution in [2.75, 3.05) is 21.0 Å². The predicted molar refractivity (Wildman–Crippen MR) is 95.8 cm³/mol. The Kier molecular flexibility index (Phi) is 4.93. The van der Waals surface area contributed by atoms with Crippen molar-refractivity contribution in [2.24, 2.45) is 0 Å². The van der Waals surface area contributed by atoms with Crippen LogP contribution in [0.25, 0.3) is 6.08 Å². The first-order valence-electron chi connectivity index (χ1n) is 8.03. The number of rotatable bonds is 5. The first-order valence-corrected chi connectivity index (χ1v) is 8.03. The van der Waals surface area contributed by atoms with Crippen LogP contribution in [0.4, 0.5) is 0 Å². The second kappa shape index (κ2) is 7.30. The lowest BCUT2D eigenvalue weighted by Gasteiger charge is -2.17. The van der Waals surface area contributed by atoms with Crippen LogP contribution in [0, 0.1) is 6.92 Å². The minimum Gasteiger partial charge on any atom is -0.496 e. The Morgan fingerprint density at radius 3 is 2.80 bits per heavy atom. The van der Waals surface area contributed by atoms with E-state index in [0.29, 0.717) is 12.3 Å². The van der Waals surface area contributed by atoms with Gasteiger partial charge in [0.05, 0.1) is 7.11 Å². The third kappa shape index (κ3) is 3.94. The van der Waals surface area contributed by atoms with Gasteiger partial charge in [0.1, 0.15) is 5.75 Å². The van der Waals surface area contributed by atoms with E-state index in [2.05, 4.69) is 0 Å². The predicted octanol–water partition coefficient (Wildman–Crippen LogP) is 3.40. The van der Waals surface area contributed by atoms with Gasteiger partial charge in [-0.05, 0) is 36.8 Å². The number of hydrogen-bond donors (Lipinski definition) is 0. The summed E-state index contributed by atoms with van der Waals surface area (Å²) in [6.45, 7) is 2.74. The number of methoxy groups -OCH3 is 1. The Morgan fingerprint density at radius 1 is 1.20 bits per heavy atom. The Labute approximate surface area is 147 Å². The average molecular weight is 339 g/mol. The number of benzene rings is 2. The number of hydrogen-bond acceptors (Lipinski definition) is 4. The lowest BCUT2D eigenvalue weighted by Crippen LogP contribution is -2.24. The maximum absolute atomic E-state index is 12.4. The summed E-state index contributed by atoms with van der Waals surface area (Å²) in [6.07, 6.45) is 3.33. The van der Waals surface area contributed by atoms with E-state index in [1.807, 2.05) is 43.3 Å². The van der Waals surface area contributed by atoms with Crippen molar-refractivity contribution in [3.05, 3.63) is 59.2 Å². The molecule has 0 saturated carbocycles. The monoisotopic (exact) mass is 339 g/mol. The molecule has 0 radical (unpaired) electrons. The number of likely N-dealkylation sites (N-methyl/N-ethyl adjacent to an activating group) is 1. The molecule has 1 aliphatic heterocycles. The Morgan fingerprint density at radius 2 is 2.00 bits per heavy atom. The summed E-state index contributed by atoms with van der Waals surface area (Å²) in [5.41, 5.74) is 3.00. The maximum atomic E-state index is 12.4. The molecule has 2 aromatic carbocycles. The molecule has 0 saturated heterocycles. The average Bonchev–Trinajstić information content (AvgIpc) is 3.07. The summed E-state index contributed by atoms with van der Waals surface area (Å²) in [7, 11) is 3.41. The molecule has 1 heterocycles. The van der Waals surface area contributed by atoms with Gasteiger partial charge in [0.15, 0.2) is 11.5 Å². The van der Waals surface area contributed by atoms with E-state index in [-0.39, 0.29) is 12.7 Å². The van der Waals surface area contributed by atoms with Gasteiger partial charge in [-0.3, -0.25) is 4.79 Å². The molecule has 130 valence electrons. The van der Waals surface area contributed by atoms with Gasteiger partial charge in [-0.15, -0.1) is 0 Å². The second-order valence-corrected chi connectivity index (χ2v) is 5.96. The molecule has 25 heavy (non-hydrogen) atoms. The van der Waals surface area contributed by atoms with Crippen LogP contribution < -0.4 is 14.2 Å². The van der Waals surface area contributed by atoms with Gasteiger partial charge in [0, 0.05) is 25.2 Å². The molecule has 0 spiro atoms. The number of aryl methyl sites for hydroxylation is 1. The van der Waals surface area contributed by atoms with Gasteiger partial charge in [-0.25, -0.2) is 0 Å². The molecular formula is C20H21NO4. The summed E-state index contributed by atoms with van der Waals surface area (Å²) >= 11 is 0. The van der Waals surface area contributed by atoms with E-state index in [1.54, 1.807) is 31.2 Å². The molecule has 1 aliphatic rings. The standard InChI is InChI=1S/C20H21NO4/c1-14-4-7-17(23-3)16(10-14)12-21(2)20(22)9-6-15-5-8-18-19(11-15)25-13-24-18/h4-11H,12-13H2,1-3H3/b9-6+. The lowest BCUT2D eigenvalue weighted by atomic mass is 10.1. The van der Waals surface area contributed by atoms with Crippen LogP contribution in [-0.2, 0) is 11.3 Å². The van der Waals surface area contributed by atoms with Crippen LogP contribution in [0.15, 0.2) is 42.5 Å². The van der Waals surface area contributed by atoms with Crippen LogP contribution in [0.5, 0.6) is 17.2 Å². The Hall–Kier alpha value is -2.95. The number of carbonyl (C=O) groups excluding carboxylic acids is 1. The Bertz CT molecular complexity index is 813. The van der Waals surface area contributed by atoms with Crippen LogP contribution in [0.3, 0.4) is 0 Å². The fraction of sp³-hybridized carbons (Fsp3) is 0.250. The van der Waals surface area contributed by atoms with Gasteiger partial charge in [-0.2, -0.15) is 0 Å². The molecule has 0 aliphatic carbocycles. The topological polar surface area (TPSA) is 48.0 Å². The molecule has 1 amide bonds. The van der Waals surface area contributed by atoms with Crippen molar-refractivity contribution >= 4 is 12.0 Å². The van der Waals surface area contributed by atoms with E-state index in [4.69, 9.17) is 14.2 Å². The largest absolute Gasteiger partial charge is 0.496 e. The number of nitrogens with zero attached hydrogens (tertiary/aromatic N) is 1. The SMILES string of the molecule is COc1ccc(C)cc1CN(C)C(=O)/C=C/c1ccc2c(c1)OCO2. The first-order chi connectivity index (χ1) is 12.1. The fourth-order valence-electron chi connectivity index (χ4n) is 2.68. The zero-order chi connectivity index (χ0) is 17.8. The molecule has 0 aromatic heterocycles. The van der Waals surface area contributed by atoms with Crippen LogP contribution in [0.2, 0.25) is 0 Å². The maximum Gasteiger partial charge on any atom is 0.246 e. The van der Waals surface area contributed by atoms with Crippen LogP contribution >= 0.6 is 0 Å². The van der Waals surface area contributed by atoms with Crippen molar-refractivity contribution in [3.8, 4) is 17.2 Å². The third-order valence-electron chi connectivity index (χ3n) is 4.03. The summed E-state index contributed by atoms with van der Waals surface area (Å²) in [5, 5.41) is 0. The molecule has 0 unspecified atom stereocenters. The van der Waals surface area contributed by atoms with E-state index in [0.717, 1.165) is 28.2 Å². The summed E-state index contributed by atoms with van der Waals surface area (Å²) in [6, 6.07) is 11.5. The summed E-state index contributed by atoms with van der Waals surface area (Å²) in [5.74, 6) is 2.13. The zero-order valence-corrected chi connectivity index (χ0v) is 14.6. The van der Waals surface area contributed by atoms with Crippen LogP contribution in [-0.4, -0.2) is 31.8 Å². The van der Waals surface area contributed by atoms with Gasteiger partial charge in [0.2, 0.25) is 12.7 Å². The highest BCUT2D eigenvalue weighted by Crippen LogP contribution is 2.32. The van der Waals surface area contributed by atoms with E-state index in [9.17, 15) is 4.79 Å². The minimum absolute atomic E-state index is 0.0822. The highest BCUT2D eigenvalue weighted by atomic mass is 16.7. The molecule has 0 bridgehead atoms. The molecule has 5 nitrogen and oxygen atoms in total. The molecule has 3 rings (SSSR count). The summed E-state index contributed by atoms with van der Waals surface area (Å²) < 4.78 is 16.0. The van der Waals surface area contributed by atoms with Gasteiger partial charge in [0.25, 0.3) is 0 Å². The molecular weight excluding hydrogens is 318 g/mol. The fourth-order valence-corrected chi connectivity index (χ4v) is 2.68. The van der Waals surface area contributed by atoms with Gasteiger partial charge in [-0.1, -0.05) is 23.8 Å². The van der Waals surface area contributed by atoms with E-state index >= 15 is 0 Å². The number of amides is 1.